The molecule has 3 aliphatic heterocycles. The summed E-state index contributed by atoms with van der Waals surface area (Å²) in [5, 5.41) is 10.9. The van der Waals surface area contributed by atoms with Gasteiger partial charge < -0.3 is 24.1 Å². The number of rotatable bonds is 4. The van der Waals surface area contributed by atoms with Gasteiger partial charge in [-0.2, -0.15) is 0 Å². The second-order valence-electron chi connectivity index (χ2n) is 9.18. The van der Waals surface area contributed by atoms with Gasteiger partial charge >= 0.3 is 12.3 Å². The van der Waals surface area contributed by atoms with Crippen molar-refractivity contribution < 1.29 is 42.0 Å². The number of esters is 1. The van der Waals surface area contributed by atoms with Crippen molar-refractivity contribution in [2.24, 2.45) is 0 Å². The number of hydrogen-bond donors (Lipinski definition) is 1. The molecule has 1 N–H and O–H groups in total. The first kappa shape index (κ1) is 22.9. The summed E-state index contributed by atoms with van der Waals surface area (Å²) in [5.41, 5.74) is 3.65. The topological polar surface area (TPSA) is 77.5 Å². The first-order valence-corrected chi connectivity index (χ1v) is 11.5. The standard InChI is InChI=1S/C26H22F3NO6/c27-26(28,29)36-17-4-1-14(2-5-17)3-6-22(32)35-25-19(31)9-15-7-8-30-12-16-10-20-21(34-13-33-20)11-18(16)23(25)24(15)30/h1-6,9-11,19,23-25,31H,7-8,12-13H2/b6-3+/t19-,23?,24?,25+/m0/s1. The number of halogens is 3. The zero-order valence-corrected chi connectivity index (χ0v) is 18.9. The van der Waals surface area contributed by atoms with Crippen LogP contribution in [-0.2, 0) is 16.1 Å². The average Bonchev–Trinajstić information content (AvgIpc) is 3.45. The first-order chi connectivity index (χ1) is 17.2. The van der Waals surface area contributed by atoms with E-state index in [1.54, 1.807) is 6.08 Å². The van der Waals surface area contributed by atoms with Gasteiger partial charge in [0.15, 0.2) is 11.5 Å². The molecule has 0 radical (unpaired) electrons. The Hall–Kier alpha value is -3.50. The van der Waals surface area contributed by atoms with Crippen LogP contribution in [0.1, 0.15) is 29.0 Å². The first-order valence-electron chi connectivity index (χ1n) is 11.5. The van der Waals surface area contributed by atoms with E-state index in [1.807, 2.05) is 12.1 Å². The molecule has 2 unspecified atom stereocenters. The highest BCUT2D eigenvalue weighted by Gasteiger charge is 2.50. The Kier molecular flexibility index (Phi) is 5.45. The molecule has 1 aliphatic carbocycles. The number of carbonyl (C=O) groups excluding carboxylic acids is 1. The zero-order valence-electron chi connectivity index (χ0n) is 18.9. The molecule has 0 aromatic heterocycles. The molecule has 1 fully saturated rings. The molecule has 4 atom stereocenters. The second kappa shape index (κ2) is 8.56. The lowest BCUT2D eigenvalue weighted by molar-refractivity contribution is -0.274. The average molecular weight is 501 g/mol. The quantitative estimate of drug-likeness (QED) is 0.387. The SMILES string of the molecule is O=C(/C=C/c1ccc(OC(F)(F)F)cc1)O[C@H]1C2c3cc4c(cc3CN3CCC(=C[C@@H]1O)C23)OCO4. The van der Waals surface area contributed by atoms with Crippen molar-refractivity contribution >= 4 is 12.0 Å². The Morgan fingerprint density at radius 2 is 1.89 bits per heavy atom. The normalized spacial score (nSPS) is 26.4. The predicted molar refractivity (Wildman–Crippen MR) is 120 cm³/mol. The molecule has 0 spiro atoms. The minimum Gasteiger partial charge on any atom is -0.455 e. The molecule has 2 aromatic rings. The summed E-state index contributed by atoms with van der Waals surface area (Å²) in [6.07, 6.45) is -1.31. The Labute approximate surface area is 204 Å². The molecule has 2 aromatic carbocycles. The van der Waals surface area contributed by atoms with E-state index in [9.17, 15) is 23.1 Å². The highest BCUT2D eigenvalue weighted by atomic mass is 19.4. The van der Waals surface area contributed by atoms with Crippen molar-refractivity contribution in [2.75, 3.05) is 13.3 Å². The number of carbonyl (C=O) groups is 1. The lowest BCUT2D eigenvalue weighted by Gasteiger charge is -2.45. The third-order valence-corrected chi connectivity index (χ3v) is 7.02. The van der Waals surface area contributed by atoms with Crippen molar-refractivity contribution in [1.82, 2.24) is 4.90 Å². The van der Waals surface area contributed by atoms with Gasteiger partial charge in [-0.3, -0.25) is 4.90 Å². The molecular formula is C26H22F3NO6. The molecule has 0 bridgehead atoms. The smallest absolute Gasteiger partial charge is 0.455 e. The maximum Gasteiger partial charge on any atom is 0.573 e. The number of nitrogens with zero attached hydrogens (tertiary/aromatic N) is 1. The fraction of sp³-hybridized carbons (Fsp3) is 0.346. The summed E-state index contributed by atoms with van der Waals surface area (Å²) in [6, 6.07) is 9.01. The molecule has 10 heteroatoms. The van der Waals surface area contributed by atoms with Gasteiger partial charge in [0.2, 0.25) is 6.79 Å². The number of benzene rings is 2. The number of ether oxygens (including phenoxy) is 4. The Morgan fingerprint density at radius 3 is 2.64 bits per heavy atom. The molecule has 188 valence electrons. The van der Waals surface area contributed by atoms with Crippen molar-refractivity contribution in [3.05, 3.63) is 70.8 Å². The lowest BCUT2D eigenvalue weighted by Crippen LogP contribution is -2.51. The van der Waals surface area contributed by atoms with Crippen molar-refractivity contribution in [3.63, 3.8) is 0 Å². The van der Waals surface area contributed by atoms with Crippen LogP contribution in [0.4, 0.5) is 13.2 Å². The van der Waals surface area contributed by atoms with E-state index in [4.69, 9.17) is 14.2 Å². The van der Waals surface area contributed by atoms with Gasteiger partial charge in [-0.05, 0) is 53.5 Å². The molecule has 7 nitrogen and oxygen atoms in total. The van der Waals surface area contributed by atoms with Gasteiger partial charge in [-0.1, -0.05) is 23.8 Å². The molecule has 6 rings (SSSR count). The number of aliphatic hydroxyl groups is 1. The van der Waals surface area contributed by atoms with Crippen LogP contribution in [0.5, 0.6) is 17.2 Å². The largest absolute Gasteiger partial charge is 0.573 e. The summed E-state index contributed by atoms with van der Waals surface area (Å²) in [4.78, 5) is 15.1. The summed E-state index contributed by atoms with van der Waals surface area (Å²) in [7, 11) is 0. The van der Waals surface area contributed by atoms with Crippen LogP contribution >= 0.6 is 0 Å². The van der Waals surface area contributed by atoms with Gasteiger partial charge in [0.1, 0.15) is 18.0 Å². The summed E-state index contributed by atoms with van der Waals surface area (Å²) in [5.74, 6) is 0.0179. The van der Waals surface area contributed by atoms with Crippen LogP contribution in [0.15, 0.2) is 54.1 Å². The Bertz CT molecular complexity index is 1260. The predicted octanol–water partition coefficient (Wildman–Crippen LogP) is 3.91. The summed E-state index contributed by atoms with van der Waals surface area (Å²) < 4.78 is 57.8. The van der Waals surface area contributed by atoms with Gasteiger partial charge in [-0.25, -0.2) is 4.79 Å². The van der Waals surface area contributed by atoms with E-state index in [2.05, 4.69) is 9.64 Å². The van der Waals surface area contributed by atoms with Crippen LogP contribution in [0, 0.1) is 0 Å². The third kappa shape index (κ3) is 4.20. The highest BCUT2D eigenvalue weighted by Crippen LogP contribution is 2.50. The monoisotopic (exact) mass is 501 g/mol. The van der Waals surface area contributed by atoms with Crippen molar-refractivity contribution in [3.8, 4) is 17.2 Å². The minimum atomic E-state index is -4.78. The number of hydrogen-bond acceptors (Lipinski definition) is 7. The Balaban J connectivity index is 1.23. The zero-order chi connectivity index (χ0) is 25.0. The molecule has 0 saturated carbocycles. The highest BCUT2D eigenvalue weighted by molar-refractivity contribution is 5.87. The number of aliphatic hydroxyl groups excluding tert-OH is 1. The van der Waals surface area contributed by atoms with Crippen LogP contribution in [0.25, 0.3) is 6.08 Å². The van der Waals surface area contributed by atoms with Gasteiger partial charge in [0.25, 0.3) is 0 Å². The van der Waals surface area contributed by atoms with Gasteiger partial charge in [0.05, 0.1) is 0 Å². The molecular weight excluding hydrogens is 479 g/mol. The summed E-state index contributed by atoms with van der Waals surface area (Å²) >= 11 is 0. The maximum absolute atomic E-state index is 12.8. The van der Waals surface area contributed by atoms with Crippen LogP contribution in [0.3, 0.4) is 0 Å². The van der Waals surface area contributed by atoms with E-state index in [0.717, 1.165) is 48.3 Å². The molecule has 0 amide bonds. The maximum atomic E-state index is 12.8. The molecule has 3 heterocycles. The third-order valence-electron chi connectivity index (χ3n) is 7.02. The molecule has 1 saturated heterocycles. The van der Waals surface area contributed by atoms with Crippen molar-refractivity contribution in [2.45, 2.75) is 43.5 Å². The number of fused-ring (bicyclic) bond motifs is 3. The van der Waals surface area contributed by atoms with Crippen LogP contribution in [0.2, 0.25) is 0 Å². The van der Waals surface area contributed by atoms with E-state index >= 15 is 0 Å². The van der Waals surface area contributed by atoms with Crippen LogP contribution in [-0.4, -0.2) is 53.9 Å². The van der Waals surface area contributed by atoms with E-state index in [-0.39, 0.29) is 24.5 Å². The summed E-state index contributed by atoms with van der Waals surface area (Å²) in [6.45, 7) is 1.73. The van der Waals surface area contributed by atoms with Gasteiger partial charge in [0, 0.05) is 31.1 Å². The van der Waals surface area contributed by atoms with E-state index in [0.29, 0.717) is 17.1 Å². The molecule has 4 aliphatic rings. The van der Waals surface area contributed by atoms with Crippen molar-refractivity contribution in [1.29, 1.82) is 0 Å². The second-order valence-corrected chi connectivity index (χ2v) is 9.18. The number of alkyl halides is 3. The fourth-order valence-electron chi connectivity index (χ4n) is 5.59. The van der Waals surface area contributed by atoms with Crippen LogP contribution < -0.4 is 14.2 Å². The minimum absolute atomic E-state index is 0.0178. The van der Waals surface area contributed by atoms with E-state index < -0.39 is 24.5 Å². The van der Waals surface area contributed by atoms with Gasteiger partial charge in [-0.15, -0.1) is 13.2 Å². The fourth-order valence-corrected chi connectivity index (χ4v) is 5.59. The molecule has 36 heavy (non-hydrogen) atoms. The lowest BCUT2D eigenvalue weighted by atomic mass is 9.73. The Morgan fingerprint density at radius 1 is 1.14 bits per heavy atom. The van der Waals surface area contributed by atoms with E-state index in [1.165, 1.54) is 24.3 Å².